The first-order chi connectivity index (χ1) is 10.0. The molecule has 0 amide bonds. The lowest BCUT2D eigenvalue weighted by Gasteiger charge is -2.29. The summed E-state index contributed by atoms with van der Waals surface area (Å²) in [6, 6.07) is 0.542. The Morgan fingerprint density at radius 3 is 2.81 bits per heavy atom. The predicted molar refractivity (Wildman–Crippen MR) is 78.0 cm³/mol. The third kappa shape index (κ3) is 2.17. The van der Waals surface area contributed by atoms with E-state index in [-0.39, 0.29) is 11.2 Å². The van der Waals surface area contributed by atoms with Crippen LogP contribution in [0.15, 0.2) is 18.7 Å². The van der Waals surface area contributed by atoms with Crippen molar-refractivity contribution in [2.24, 2.45) is 5.41 Å². The molecule has 0 unspecified atom stereocenters. The fraction of sp³-hybridized carbons (Fsp3) is 0.500. The summed E-state index contributed by atoms with van der Waals surface area (Å²) < 4.78 is 2.15. The minimum absolute atomic E-state index is 0.0214. The lowest BCUT2D eigenvalue weighted by molar-refractivity contribution is 0.0910. The Morgan fingerprint density at radius 1 is 1.24 bits per heavy atom. The van der Waals surface area contributed by atoms with Crippen LogP contribution < -0.4 is 0 Å². The first-order valence-corrected chi connectivity index (χ1v) is 7.45. The summed E-state index contributed by atoms with van der Waals surface area (Å²) >= 11 is 0. The van der Waals surface area contributed by atoms with Crippen LogP contribution in [0.3, 0.4) is 0 Å². The Labute approximate surface area is 123 Å². The molecule has 0 spiro atoms. The summed E-state index contributed by atoms with van der Waals surface area (Å²) in [6.07, 6.45) is 9.14. The number of rotatable bonds is 2. The summed E-state index contributed by atoms with van der Waals surface area (Å²) in [5.41, 5.74) is 2.50. The van der Waals surface area contributed by atoms with E-state index in [1.165, 1.54) is 12.8 Å². The maximum atomic E-state index is 12.2. The van der Waals surface area contributed by atoms with Crippen molar-refractivity contribution in [3.8, 4) is 11.5 Å². The molecule has 5 heteroatoms. The van der Waals surface area contributed by atoms with Gasteiger partial charge in [0.2, 0.25) is 0 Å². The third-order valence-corrected chi connectivity index (χ3v) is 4.29. The van der Waals surface area contributed by atoms with Gasteiger partial charge in [0, 0.05) is 18.7 Å². The largest absolute Gasteiger partial charge is 0.325 e. The van der Waals surface area contributed by atoms with Crippen LogP contribution in [0.4, 0.5) is 0 Å². The Hall–Kier alpha value is -2.04. The fourth-order valence-corrected chi connectivity index (χ4v) is 3.08. The molecule has 2 aromatic heterocycles. The van der Waals surface area contributed by atoms with Crippen LogP contribution in [0.1, 0.15) is 55.2 Å². The van der Waals surface area contributed by atoms with Gasteiger partial charge in [-0.3, -0.25) is 4.79 Å². The summed E-state index contributed by atoms with van der Waals surface area (Å²) in [6.45, 7) is 4.23. The van der Waals surface area contributed by atoms with Crippen LogP contribution >= 0.6 is 0 Å². The summed E-state index contributed by atoms with van der Waals surface area (Å²) in [4.78, 5) is 25.5. The van der Waals surface area contributed by atoms with E-state index in [0.717, 1.165) is 17.8 Å². The van der Waals surface area contributed by atoms with Crippen molar-refractivity contribution in [2.45, 2.75) is 45.6 Å². The molecule has 1 saturated carbocycles. The highest BCUT2D eigenvalue weighted by Gasteiger charge is 2.33. The SMILES string of the molecule is CC1(C)CC(=O)c2cnc(-c3cncn3C3CC3)nc2C1. The molecule has 0 saturated heterocycles. The molecule has 4 rings (SSSR count). The van der Waals surface area contributed by atoms with Crippen LogP contribution in [0.25, 0.3) is 11.5 Å². The van der Waals surface area contributed by atoms with Crippen molar-refractivity contribution < 1.29 is 4.79 Å². The van der Waals surface area contributed by atoms with E-state index >= 15 is 0 Å². The number of carbonyl (C=O) groups is 1. The van der Waals surface area contributed by atoms with E-state index in [0.29, 0.717) is 23.9 Å². The number of nitrogens with zero attached hydrogens (tertiary/aromatic N) is 4. The van der Waals surface area contributed by atoms with E-state index in [9.17, 15) is 4.79 Å². The molecule has 21 heavy (non-hydrogen) atoms. The molecular weight excluding hydrogens is 264 g/mol. The van der Waals surface area contributed by atoms with Gasteiger partial charge in [-0.2, -0.15) is 0 Å². The van der Waals surface area contributed by atoms with Crippen molar-refractivity contribution in [3.63, 3.8) is 0 Å². The lowest BCUT2D eigenvalue weighted by atomic mass is 9.76. The number of Topliss-reactive ketones (excluding diaryl/α,β-unsaturated/α-hetero) is 1. The molecule has 2 aliphatic carbocycles. The normalized spacial score (nSPS) is 20.4. The van der Waals surface area contributed by atoms with Crippen molar-refractivity contribution >= 4 is 5.78 Å². The maximum absolute atomic E-state index is 12.2. The van der Waals surface area contributed by atoms with Crippen LogP contribution in [-0.2, 0) is 6.42 Å². The smallest absolute Gasteiger partial charge is 0.178 e. The molecule has 0 radical (unpaired) electrons. The van der Waals surface area contributed by atoms with Gasteiger partial charge < -0.3 is 4.57 Å². The molecule has 0 aliphatic heterocycles. The number of hydrogen-bond acceptors (Lipinski definition) is 4. The molecule has 1 fully saturated rings. The second-order valence-electron chi connectivity index (χ2n) is 6.91. The topological polar surface area (TPSA) is 60.7 Å². The standard InChI is InChI=1S/C16H18N4O/c1-16(2)5-12-11(14(21)6-16)7-18-15(19-12)13-8-17-9-20(13)10-3-4-10/h7-10H,3-6H2,1-2H3. The molecule has 2 heterocycles. The van der Waals surface area contributed by atoms with Crippen molar-refractivity contribution in [1.82, 2.24) is 19.5 Å². The van der Waals surface area contributed by atoms with Gasteiger partial charge in [0.1, 0.15) is 5.69 Å². The van der Waals surface area contributed by atoms with Gasteiger partial charge in [-0.05, 0) is 24.7 Å². The zero-order valence-electron chi connectivity index (χ0n) is 12.3. The predicted octanol–water partition coefficient (Wildman–Crippen LogP) is 2.83. The first-order valence-electron chi connectivity index (χ1n) is 7.45. The van der Waals surface area contributed by atoms with E-state index < -0.39 is 0 Å². The van der Waals surface area contributed by atoms with Gasteiger partial charge in [0.05, 0.1) is 23.8 Å². The number of carbonyl (C=O) groups excluding carboxylic acids is 1. The molecule has 0 bridgehead atoms. The quantitative estimate of drug-likeness (QED) is 0.849. The summed E-state index contributed by atoms with van der Waals surface area (Å²) in [5.74, 6) is 0.840. The number of aromatic nitrogens is 4. The van der Waals surface area contributed by atoms with Crippen LogP contribution in [0.5, 0.6) is 0 Å². The average Bonchev–Trinajstić information content (AvgIpc) is 3.14. The first kappa shape index (κ1) is 12.7. The van der Waals surface area contributed by atoms with Crippen molar-refractivity contribution in [3.05, 3.63) is 30.0 Å². The molecular formula is C16H18N4O. The van der Waals surface area contributed by atoms with E-state index in [2.05, 4.69) is 33.4 Å². The van der Waals surface area contributed by atoms with Crippen molar-refractivity contribution in [1.29, 1.82) is 0 Å². The van der Waals surface area contributed by atoms with Gasteiger partial charge in [0.15, 0.2) is 11.6 Å². The van der Waals surface area contributed by atoms with E-state index in [1.807, 2.05) is 12.5 Å². The molecule has 108 valence electrons. The second kappa shape index (κ2) is 4.23. The minimum Gasteiger partial charge on any atom is -0.325 e. The molecule has 2 aliphatic rings. The number of imidazole rings is 1. The zero-order chi connectivity index (χ0) is 14.6. The molecule has 0 N–H and O–H groups in total. The molecule has 0 aromatic carbocycles. The summed E-state index contributed by atoms with van der Waals surface area (Å²) in [7, 11) is 0. The lowest BCUT2D eigenvalue weighted by Crippen LogP contribution is -2.28. The highest BCUT2D eigenvalue weighted by Crippen LogP contribution is 2.38. The third-order valence-electron chi connectivity index (χ3n) is 4.29. The van der Waals surface area contributed by atoms with E-state index in [1.54, 1.807) is 6.20 Å². The Kier molecular flexibility index (Phi) is 2.55. The van der Waals surface area contributed by atoms with Gasteiger partial charge >= 0.3 is 0 Å². The number of fused-ring (bicyclic) bond motifs is 1. The Morgan fingerprint density at radius 2 is 2.05 bits per heavy atom. The van der Waals surface area contributed by atoms with Crippen LogP contribution in [0.2, 0.25) is 0 Å². The molecule has 5 nitrogen and oxygen atoms in total. The second-order valence-corrected chi connectivity index (χ2v) is 6.91. The summed E-state index contributed by atoms with van der Waals surface area (Å²) in [5, 5.41) is 0. The average molecular weight is 282 g/mol. The highest BCUT2D eigenvalue weighted by atomic mass is 16.1. The highest BCUT2D eigenvalue weighted by molar-refractivity contribution is 5.98. The Balaban J connectivity index is 1.78. The zero-order valence-corrected chi connectivity index (χ0v) is 12.3. The van der Waals surface area contributed by atoms with Crippen molar-refractivity contribution in [2.75, 3.05) is 0 Å². The molecule has 0 atom stereocenters. The fourth-order valence-electron chi connectivity index (χ4n) is 3.08. The minimum atomic E-state index is -0.0214. The maximum Gasteiger partial charge on any atom is 0.178 e. The number of hydrogen-bond donors (Lipinski definition) is 0. The van der Waals surface area contributed by atoms with Crippen LogP contribution in [0, 0.1) is 5.41 Å². The van der Waals surface area contributed by atoms with E-state index in [4.69, 9.17) is 0 Å². The van der Waals surface area contributed by atoms with Gasteiger partial charge in [-0.15, -0.1) is 0 Å². The van der Waals surface area contributed by atoms with Gasteiger partial charge in [-0.1, -0.05) is 13.8 Å². The Bertz CT molecular complexity index is 728. The van der Waals surface area contributed by atoms with Crippen LogP contribution in [-0.4, -0.2) is 25.3 Å². The number of ketones is 1. The van der Waals surface area contributed by atoms with Gasteiger partial charge in [0.25, 0.3) is 0 Å². The van der Waals surface area contributed by atoms with Gasteiger partial charge in [-0.25, -0.2) is 15.0 Å². The monoisotopic (exact) mass is 282 g/mol. The molecule has 2 aromatic rings.